The third kappa shape index (κ3) is 7.72. The molecule has 0 saturated heterocycles. The van der Waals surface area contributed by atoms with Crippen LogP contribution < -0.4 is 5.19 Å². The van der Waals surface area contributed by atoms with Gasteiger partial charge in [0.2, 0.25) is 5.71 Å². The Morgan fingerprint density at radius 3 is 2.06 bits per heavy atom. The van der Waals surface area contributed by atoms with E-state index in [-0.39, 0.29) is 42.5 Å². The van der Waals surface area contributed by atoms with E-state index < -0.39 is 8.07 Å². The van der Waals surface area contributed by atoms with Crippen molar-refractivity contribution < 1.29 is 34.4 Å². The number of benzene rings is 3. The van der Waals surface area contributed by atoms with Crippen molar-refractivity contribution in [3.8, 4) is 11.3 Å². The van der Waals surface area contributed by atoms with Crippen LogP contribution in [0.4, 0.5) is 0 Å². The predicted molar refractivity (Wildman–Crippen MR) is 226 cm³/mol. The van der Waals surface area contributed by atoms with Gasteiger partial charge in [0.05, 0.1) is 19.2 Å². The van der Waals surface area contributed by atoms with E-state index in [1.165, 1.54) is 38.7 Å². The minimum absolute atomic E-state index is 0. The molecule has 0 fully saturated rings. The molecule has 0 saturated carbocycles. The molecule has 0 aliphatic heterocycles. The van der Waals surface area contributed by atoms with Gasteiger partial charge in [-0.2, -0.15) is 0 Å². The molecular formula is C46H58IrN3O3Si-. The molecule has 1 radical (unpaired) electrons. The molecule has 0 atom stereocenters. The van der Waals surface area contributed by atoms with Crippen molar-refractivity contribution in [2.75, 3.05) is 0 Å². The second-order valence-corrected chi connectivity index (χ2v) is 21.5. The van der Waals surface area contributed by atoms with Crippen LogP contribution >= 0.6 is 0 Å². The fraction of sp³-hybridized carbons (Fsp3) is 0.435. The molecule has 0 spiro atoms. The van der Waals surface area contributed by atoms with Gasteiger partial charge in [-0.05, 0) is 87.4 Å². The van der Waals surface area contributed by atoms with E-state index >= 15 is 0 Å². The van der Waals surface area contributed by atoms with Gasteiger partial charge in [-0.3, -0.25) is 9.78 Å². The quantitative estimate of drug-likeness (QED) is 0.0511. The van der Waals surface area contributed by atoms with Crippen LogP contribution in [0.15, 0.2) is 52.8 Å². The summed E-state index contributed by atoms with van der Waals surface area (Å²) >= 11 is 0. The summed E-state index contributed by atoms with van der Waals surface area (Å²) in [6.45, 7) is 30.1. The Bertz CT molecular complexity index is 2400. The maximum Gasteiger partial charge on any atom is 0.216 e. The van der Waals surface area contributed by atoms with Crippen molar-refractivity contribution in [2.45, 2.75) is 121 Å². The molecule has 6 aromatic rings. The summed E-state index contributed by atoms with van der Waals surface area (Å²) in [6, 6.07) is 14.2. The summed E-state index contributed by atoms with van der Waals surface area (Å²) in [5.74, 6) is 1.03. The molecule has 0 unspecified atom stereocenters. The van der Waals surface area contributed by atoms with Crippen LogP contribution in [0.3, 0.4) is 0 Å². The van der Waals surface area contributed by atoms with Crippen LogP contribution in [0.5, 0.6) is 0 Å². The summed E-state index contributed by atoms with van der Waals surface area (Å²) in [6.07, 6.45) is 6.52. The van der Waals surface area contributed by atoms with Crippen molar-refractivity contribution in [1.29, 1.82) is 0 Å². The van der Waals surface area contributed by atoms with E-state index in [0.29, 0.717) is 5.71 Å². The average Bonchev–Trinajstić information content (AvgIpc) is 3.51. The first-order valence-electron chi connectivity index (χ1n) is 19.2. The molecule has 0 amide bonds. The van der Waals surface area contributed by atoms with E-state index in [4.69, 9.17) is 14.4 Å². The van der Waals surface area contributed by atoms with E-state index in [2.05, 4.69) is 76.6 Å². The van der Waals surface area contributed by atoms with Gasteiger partial charge in [0.25, 0.3) is 0 Å². The first-order valence-corrected chi connectivity index (χ1v) is 22.7. The van der Waals surface area contributed by atoms with Gasteiger partial charge in [-0.25, -0.2) is 9.97 Å². The standard InChI is InChI=1S/C31H30N3OSi.C15H28O2.Ir/c1-16-11-12-22(29-25(16)21-10-9-13-32-31(21)35-29)27-24-14-17(2)23-15-18(3)30(36(6,7)8)19(4)26(23)28(24)34-20(5)33-27;1-7-14(5,8-2)12(16)11-13(17)15(6,9-3)10-4;/h9-11,13-15H,1-8H3;11,16H,7-10H2,1-6H3;/q-1;;/b;12-11-;. The zero-order valence-electron chi connectivity index (χ0n) is 34.8. The van der Waals surface area contributed by atoms with Gasteiger partial charge in [-0.1, -0.05) is 102 Å². The first-order chi connectivity index (χ1) is 24.8. The first kappa shape index (κ1) is 43.0. The molecule has 0 bridgehead atoms. The maximum absolute atomic E-state index is 12.2. The molecule has 8 heteroatoms. The van der Waals surface area contributed by atoms with Crippen molar-refractivity contribution in [3.63, 3.8) is 0 Å². The molecule has 3 aromatic heterocycles. The van der Waals surface area contributed by atoms with Crippen LogP contribution in [0.1, 0.15) is 95.3 Å². The molecule has 6 rings (SSSR count). The number of hydrogen-bond donors (Lipinski definition) is 1. The van der Waals surface area contributed by atoms with E-state index in [9.17, 15) is 9.90 Å². The third-order valence-corrected chi connectivity index (χ3v) is 14.2. The number of aliphatic hydroxyl groups excluding tert-OH is 1. The number of rotatable bonds is 9. The van der Waals surface area contributed by atoms with Crippen molar-refractivity contribution in [1.82, 2.24) is 15.0 Å². The van der Waals surface area contributed by atoms with Gasteiger partial charge >= 0.3 is 0 Å². The SMILES string of the molecule is CCC(C)(CC)C(=O)/C=C(\O)C(C)(CC)CC.Cc1nc(-c2[c-]cc(C)c3c2oc2ncccc23)c2cc(C)c3cc(C)c([Si](C)(C)C)c(C)c3c2n1.[Ir]. The minimum Gasteiger partial charge on any atom is -0.512 e. The normalized spacial score (nSPS) is 12.7. The van der Waals surface area contributed by atoms with E-state index in [0.717, 1.165) is 75.6 Å². The second-order valence-electron chi connectivity index (χ2n) is 16.5. The summed E-state index contributed by atoms with van der Waals surface area (Å²) in [4.78, 5) is 26.7. The summed E-state index contributed by atoms with van der Waals surface area (Å²) in [5, 5.41) is 17.3. The third-order valence-electron chi connectivity index (χ3n) is 12.0. The van der Waals surface area contributed by atoms with Gasteiger partial charge < -0.3 is 9.52 Å². The van der Waals surface area contributed by atoms with Crippen molar-refractivity contribution in [3.05, 3.63) is 82.5 Å². The number of aliphatic hydroxyl groups is 1. The zero-order valence-corrected chi connectivity index (χ0v) is 38.2. The predicted octanol–water partition coefficient (Wildman–Crippen LogP) is 12.3. The molecule has 54 heavy (non-hydrogen) atoms. The smallest absolute Gasteiger partial charge is 0.216 e. The van der Waals surface area contributed by atoms with Crippen LogP contribution in [-0.2, 0) is 24.9 Å². The van der Waals surface area contributed by atoms with Gasteiger partial charge in [0.15, 0.2) is 5.78 Å². The molecule has 6 nitrogen and oxygen atoms in total. The van der Waals surface area contributed by atoms with Gasteiger partial charge in [0, 0.05) is 59.7 Å². The summed E-state index contributed by atoms with van der Waals surface area (Å²) in [5.41, 5.74) is 8.63. The van der Waals surface area contributed by atoms with Gasteiger partial charge in [-0.15, -0.1) is 17.7 Å². The number of pyridine rings is 1. The number of carbonyl (C=O) groups is 1. The van der Waals surface area contributed by atoms with Crippen molar-refractivity contribution >= 4 is 62.8 Å². The molecule has 289 valence electrons. The Morgan fingerprint density at radius 2 is 1.46 bits per heavy atom. The van der Waals surface area contributed by atoms with Crippen LogP contribution in [0, 0.1) is 51.5 Å². The van der Waals surface area contributed by atoms with Crippen LogP contribution in [-0.4, -0.2) is 33.9 Å². The number of hydrogen-bond acceptors (Lipinski definition) is 6. The van der Waals surface area contributed by atoms with E-state index in [1.807, 2.05) is 60.6 Å². The number of furan rings is 1. The topological polar surface area (TPSA) is 89.1 Å². The number of fused-ring (bicyclic) bond motifs is 6. The minimum atomic E-state index is -1.57. The Hall–Kier alpha value is -3.71. The second kappa shape index (κ2) is 16.2. The fourth-order valence-corrected chi connectivity index (χ4v) is 10.3. The molecular weight excluding hydrogens is 863 g/mol. The Kier molecular flexibility index (Phi) is 12.9. The number of ketones is 1. The van der Waals surface area contributed by atoms with E-state index in [1.54, 1.807) is 6.20 Å². The monoisotopic (exact) mass is 921 g/mol. The summed E-state index contributed by atoms with van der Waals surface area (Å²) < 4.78 is 6.33. The Labute approximate surface area is 336 Å². The number of carbonyl (C=O) groups excluding carboxylic acids is 1. The molecule has 3 heterocycles. The van der Waals surface area contributed by atoms with Gasteiger partial charge in [0.1, 0.15) is 11.6 Å². The average molecular weight is 921 g/mol. The Morgan fingerprint density at radius 1 is 0.852 bits per heavy atom. The molecule has 1 N–H and O–H groups in total. The number of aryl methyl sites for hydroxylation is 5. The zero-order chi connectivity index (χ0) is 39.2. The Balaban J connectivity index is 0.000000309. The number of allylic oxidation sites excluding steroid dienone is 2. The molecule has 0 aliphatic rings. The summed E-state index contributed by atoms with van der Waals surface area (Å²) in [7, 11) is -1.57. The number of aromatic nitrogens is 3. The largest absolute Gasteiger partial charge is 0.512 e. The maximum atomic E-state index is 12.2. The molecule has 3 aromatic carbocycles. The van der Waals surface area contributed by atoms with Crippen LogP contribution in [0.2, 0.25) is 19.6 Å². The van der Waals surface area contributed by atoms with Crippen molar-refractivity contribution in [2.24, 2.45) is 10.8 Å². The molecule has 0 aliphatic carbocycles. The number of nitrogens with zero attached hydrogens (tertiary/aromatic N) is 3. The van der Waals surface area contributed by atoms with Crippen LogP contribution in [0.25, 0.3) is 55.0 Å². The fourth-order valence-electron chi connectivity index (χ4n) is 7.82.